The van der Waals surface area contributed by atoms with Gasteiger partial charge in [-0.2, -0.15) is 0 Å². The lowest BCUT2D eigenvalue weighted by atomic mass is 9.93. The fourth-order valence-electron chi connectivity index (χ4n) is 2.32. The van der Waals surface area contributed by atoms with E-state index in [9.17, 15) is 4.79 Å². The molecule has 98 valence electrons. The Labute approximate surface area is 111 Å². The number of aromatic nitrogens is 2. The fraction of sp³-hybridized carbons (Fsp3) is 0.583. The van der Waals surface area contributed by atoms with Gasteiger partial charge in [0.25, 0.3) is 0 Å². The van der Waals surface area contributed by atoms with Crippen LogP contribution in [0.3, 0.4) is 0 Å². The lowest BCUT2D eigenvalue weighted by Gasteiger charge is -2.33. The largest absolute Gasteiger partial charge is 0.481 e. The third-order valence-electron chi connectivity index (χ3n) is 3.20. The molecule has 5 nitrogen and oxygen atoms in total. The summed E-state index contributed by atoms with van der Waals surface area (Å²) in [4.78, 5) is 21.0. The van der Waals surface area contributed by atoms with Crippen LogP contribution in [-0.4, -0.2) is 34.1 Å². The number of nitrogens with zero attached hydrogens (tertiary/aromatic N) is 3. The molecule has 1 fully saturated rings. The predicted octanol–water partition coefficient (Wildman–Crippen LogP) is 2.21. The van der Waals surface area contributed by atoms with E-state index in [1.54, 1.807) is 6.20 Å². The number of piperidine rings is 1. The van der Waals surface area contributed by atoms with Gasteiger partial charge in [-0.25, -0.2) is 4.98 Å². The number of anilines is 1. The topological polar surface area (TPSA) is 66.3 Å². The maximum Gasteiger partial charge on any atom is 0.303 e. The van der Waals surface area contributed by atoms with Crippen molar-refractivity contribution in [3.63, 3.8) is 0 Å². The Morgan fingerprint density at radius 1 is 1.56 bits per heavy atom. The molecule has 2 heterocycles. The highest BCUT2D eigenvalue weighted by atomic mass is 35.5. The van der Waals surface area contributed by atoms with E-state index in [4.69, 9.17) is 16.7 Å². The second kappa shape index (κ2) is 6.00. The van der Waals surface area contributed by atoms with E-state index in [0.29, 0.717) is 11.1 Å². The molecule has 0 bridgehead atoms. The van der Waals surface area contributed by atoms with Crippen LogP contribution in [0, 0.1) is 5.92 Å². The molecule has 1 N–H and O–H groups in total. The van der Waals surface area contributed by atoms with Crippen molar-refractivity contribution in [3.05, 3.63) is 17.5 Å². The molecule has 1 unspecified atom stereocenters. The van der Waals surface area contributed by atoms with Crippen molar-refractivity contribution in [2.45, 2.75) is 25.7 Å². The van der Waals surface area contributed by atoms with Crippen molar-refractivity contribution < 1.29 is 9.90 Å². The molecule has 0 aromatic carbocycles. The Morgan fingerprint density at radius 3 is 3.11 bits per heavy atom. The number of hydrogen-bond donors (Lipinski definition) is 1. The standard InChI is InChI=1S/C12H16ClN3O2/c13-10-6-14-7-11(15-10)16-5-1-2-9(8-16)3-4-12(17)18/h6-7,9H,1-5,8H2,(H,17,18). The summed E-state index contributed by atoms with van der Waals surface area (Å²) in [7, 11) is 0. The normalized spacial score (nSPS) is 19.8. The van der Waals surface area contributed by atoms with Crippen LogP contribution in [-0.2, 0) is 4.79 Å². The maximum atomic E-state index is 10.6. The minimum absolute atomic E-state index is 0.236. The Hall–Kier alpha value is -1.36. The first-order valence-corrected chi connectivity index (χ1v) is 6.47. The van der Waals surface area contributed by atoms with Gasteiger partial charge in [0.15, 0.2) is 0 Å². The zero-order valence-electron chi connectivity index (χ0n) is 10.0. The molecule has 6 heteroatoms. The summed E-state index contributed by atoms with van der Waals surface area (Å²) in [6, 6.07) is 0. The minimum Gasteiger partial charge on any atom is -0.481 e. The molecule has 1 atom stereocenters. The molecule has 1 aromatic heterocycles. The molecule has 1 aliphatic rings. The van der Waals surface area contributed by atoms with E-state index < -0.39 is 5.97 Å². The number of hydrogen-bond acceptors (Lipinski definition) is 4. The van der Waals surface area contributed by atoms with Gasteiger partial charge in [0, 0.05) is 19.5 Å². The molecule has 2 rings (SSSR count). The average molecular weight is 270 g/mol. The number of rotatable bonds is 4. The van der Waals surface area contributed by atoms with E-state index >= 15 is 0 Å². The summed E-state index contributed by atoms with van der Waals surface area (Å²) in [6.07, 6.45) is 6.30. The summed E-state index contributed by atoms with van der Waals surface area (Å²) in [5, 5.41) is 9.10. The summed E-state index contributed by atoms with van der Waals surface area (Å²) < 4.78 is 0. The quantitative estimate of drug-likeness (QED) is 0.908. The van der Waals surface area contributed by atoms with Crippen molar-refractivity contribution in [2.24, 2.45) is 5.92 Å². The molecule has 0 spiro atoms. The van der Waals surface area contributed by atoms with Crippen LogP contribution in [0.2, 0.25) is 5.15 Å². The first-order valence-electron chi connectivity index (χ1n) is 6.09. The highest BCUT2D eigenvalue weighted by Gasteiger charge is 2.21. The minimum atomic E-state index is -0.727. The van der Waals surface area contributed by atoms with Gasteiger partial charge in [-0.3, -0.25) is 9.78 Å². The van der Waals surface area contributed by atoms with E-state index in [1.165, 1.54) is 6.20 Å². The molecule has 18 heavy (non-hydrogen) atoms. The van der Waals surface area contributed by atoms with Gasteiger partial charge in [0.05, 0.1) is 12.4 Å². The Bertz CT molecular complexity index is 428. The lowest BCUT2D eigenvalue weighted by Crippen LogP contribution is -2.36. The van der Waals surface area contributed by atoms with Gasteiger partial charge in [-0.05, 0) is 25.2 Å². The summed E-state index contributed by atoms with van der Waals surface area (Å²) in [6.45, 7) is 1.76. The van der Waals surface area contributed by atoms with Gasteiger partial charge < -0.3 is 10.0 Å². The van der Waals surface area contributed by atoms with E-state index in [0.717, 1.165) is 38.2 Å². The van der Waals surface area contributed by atoms with Crippen LogP contribution in [0.1, 0.15) is 25.7 Å². The number of carbonyl (C=O) groups is 1. The van der Waals surface area contributed by atoms with E-state index in [2.05, 4.69) is 14.9 Å². The number of halogens is 1. The third-order valence-corrected chi connectivity index (χ3v) is 3.38. The van der Waals surface area contributed by atoms with Crippen LogP contribution in [0.15, 0.2) is 12.4 Å². The highest BCUT2D eigenvalue weighted by molar-refractivity contribution is 6.29. The van der Waals surface area contributed by atoms with Gasteiger partial charge in [-0.1, -0.05) is 11.6 Å². The SMILES string of the molecule is O=C(O)CCC1CCCN(c2cncc(Cl)n2)C1. The van der Waals surface area contributed by atoms with Crippen LogP contribution in [0.4, 0.5) is 5.82 Å². The lowest BCUT2D eigenvalue weighted by molar-refractivity contribution is -0.137. The average Bonchev–Trinajstić information content (AvgIpc) is 2.37. The van der Waals surface area contributed by atoms with E-state index in [-0.39, 0.29) is 6.42 Å². The number of carboxylic acids is 1. The molecular weight excluding hydrogens is 254 g/mol. The van der Waals surface area contributed by atoms with E-state index in [1.807, 2.05) is 0 Å². The van der Waals surface area contributed by atoms with Gasteiger partial charge in [0.2, 0.25) is 0 Å². The van der Waals surface area contributed by atoms with Crippen LogP contribution in [0.25, 0.3) is 0 Å². The van der Waals surface area contributed by atoms with Gasteiger partial charge >= 0.3 is 5.97 Å². The van der Waals surface area contributed by atoms with Crippen LogP contribution in [0.5, 0.6) is 0 Å². The zero-order chi connectivity index (χ0) is 13.0. The van der Waals surface area contributed by atoms with Crippen LogP contribution < -0.4 is 4.90 Å². The van der Waals surface area contributed by atoms with Crippen LogP contribution >= 0.6 is 11.6 Å². The number of aliphatic carboxylic acids is 1. The molecule has 1 aromatic rings. The molecule has 0 amide bonds. The smallest absolute Gasteiger partial charge is 0.303 e. The molecule has 1 saturated heterocycles. The third kappa shape index (κ3) is 3.57. The second-order valence-corrected chi connectivity index (χ2v) is 4.97. The molecular formula is C12H16ClN3O2. The summed E-state index contributed by atoms with van der Waals surface area (Å²) in [5.74, 6) is 0.466. The Balaban J connectivity index is 1.96. The van der Waals surface area contributed by atoms with Gasteiger partial charge in [0.1, 0.15) is 11.0 Å². The first kappa shape index (κ1) is 13.1. The maximum absolute atomic E-state index is 10.6. The van der Waals surface area contributed by atoms with Crippen molar-refractivity contribution in [1.29, 1.82) is 0 Å². The zero-order valence-corrected chi connectivity index (χ0v) is 10.8. The number of carboxylic acid groups (broad SMARTS) is 1. The Morgan fingerprint density at radius 2 is 2.39 bits per heavy atom. The molecule has 0 aliphatic carbocycles. The predicted molar refractivity (Wildman–Crippen MR) is 68.8 cm³/mol. The summed E-state index contributed by atoms with van der Waals surface area (Å²) >= 11 is 5.83. The monoisotopic (exact) mass is 269 g/mol. The molecule has 0 radical (unpaired) electrons. The van der Waals surface area contributed by atoms with Crippen molar-refractivity contribution in [3.8, 4) is 0 Å². The first-order chi connectivity index (χ1) is 8.65. The molecule has 1 aliphatic heterocycles. The second-order valence-electron chi connectivity index (χ2n) is 4.59. The molecule has 0 saturated carbocycles. The summed E-state index contributed by atoms with van der Waals surface area (Å²) in [5.41, 5.74) is 0. The van der Waals surface area contributed by atoms with Crippen molar-refractivity contribution in [1.82, 2.24) is 9.97 Å². The fourth-order valence-corrected chi connectivity index (χ4v) is 2.46. The Kier molecular flexibility index (Phi) is 4.36. The highest BCUT2D eigenvalue weighted by Crippen LogP contribution is 2.24. The van der Waals surface area contributed by atoms with Crippen molar-refractivity contribution >= 4 is 23.4 Å². The van der Waals surface area contributed by atoms with Gasteiger partial charge in [-0.15, -0.1) is 0 Å². The van der Waals surface area contributed by atoms with Crippen molar-refractivity contribution in [2.75, 3.05) is 18.0 Å².